The van der Waals surface area contributed by atoms with Crippen molar-refractivity contribution in [3.05, 3.63) is 86.6 Å². The lowest BCUT2D eigenvalue weighted by Gasteiger charge is -2.26. The number of nitriles is 1. The molecule has 1 N–H and O–H groups in total. The van der Waals surface area contributed by atoms with Gasteiger partial charge in [0.25, 0.3) is 0 Å². The molecule has 0 saturated carbocycles. The smallest absolute Gasteiger partial charge is 0.304 e. The number of hydrogen-bond acceptors (Lipinski definition) is 5. The number of benzene rings is 2. The molecule has 1 aromatic heterocycles. The van der Waals surface area contributed by atoms with Crippen molar-refractivity contribution in [2.45, 2.75) is 45.4 Å². The number of aliphatic carboxylic acids is 1. The summed E-state index contributed by atoms with van der Waals surface area (Å²) in [5, 5.41) is 18.3. The maximum Gasteiger partial charge on any atom is 0.304 e. The second kappa shape index (κ2) is 11.0. The Morgan fingerprint density at radius 2 is 2.00 bits per heavy atom. The Bertz CT molecular complexity index is 1260. The van der Waals surface area contributed by atoms with E-state index in [1.807, 2.05) is 30.3 Å². The van der Waals surface area contributed by atoms with E-state index < -0.39 is 5.97 Å². The van der Waals surface area contributed by atoms with Crippen molar-refractivity contribution in [2.75, 3.05) is 6.54 Å². The maximum absolute atomic E-state index is 11.1. The lowest BCUT2D eigenvalue weighted by molar-refractivity contribution is -0.137. The van der Waals surface area contributed by atoms with Crippen LogP contribution in [-0.4, -0.2) is 22.5 Å². The van der Waals surface area contributed by atoms with Crippen LogP contribution in [0.4, 0.5) is 0 Å². The van der Waals surface area contributed by atoms with Crippen LogP contribution >= 0.6 is 11.3 Å². The minimum absolute atomic E-state index is 0.0158. The number of ether oxygens (including phenoxy) is 1. The molecule has 0 bridgehead atoms. The van der Waals surface area contributed by atoms with Crippen molar-refractivity contribution in [3.8, 4) is 23.7 Å². The van der Waals surface area contributed by atoms with Gasteiger partial charge in [0.15, 0.2) is 0 Å². The topological polar surface area (TPSA) is 73.6 Å². The van der Waals surface area contributed by atoms with Crippen LogP contribution in [0.2, 0.25) is 0 Å². The van der Waals surface area contributed by atoms with E-state index >= 15 is 0 Å². The second-order valence-corrected chi connectivity index (χ2v) is 9.49. The van der Waals surface area contributed by atoms with Crippen LogP contribution in [0, 0.1) is 23.2 Å². The van der Waals surface area contributed by atoms with Crippen LogP contribution in [0.15, 0.2) is 54.6 Å². The molecule has 34 heavy (non-hydrogen) atoms. The van der Waals surface area contributed by atoms with Gasteiger partial charge in [-0.1, -0.05) is 42.3 Å². The quantitative estimate of drug-likeness (QED) is 0.450. The van der Waals surface area contributed by atoms with Crippen LogP contribution in [0.5, 0.6) is 5.75 Å². The van der Waals surface area contributed by atoms with Crippen LogP contribution in [0.3, 0.4) is 0 Å². The Labute approximate surface area is 204 Å². The van der Waals surface area contributed by atoms with Gasteiger partial charge in [-0.05, 0) is 53.8 Å². The van der Waals surface area contributed by atoms with Crippen LogP contribution in [-0.2, 0) is 30.9 Å². The molecular weight excluding hydrogens is 444 g/mol. The third-order valence-corrected chi connectivity index (χ3v) is 6.98. The average molecular weight is 471 g/mol. The highest BCUT2D eigenvalue weighted by Gasteiger charge is 2.19. The van der Waals surface area contributed by atoms with Crippen LogP contribution in [0.1, 0.15) is 51.3 Å². The molecule has 5 nitrogen and oxygen atoms in total. The van der Waals surface area contributed by atoms with E-state index in [-0.39, 0.29) is 12.3 Å². The normalized spacial score (nSPS) is 13.8. The van der Waals surface area contributed by atoms with Gasteiger partial charge in [0.2, 0.25) is 0 Å². The third kappa shape index (κ3) is 6.05. The zero-order chi connectivity index (χ0) is 23.9. The Morgan fingerprint density at radius 1 is 1.21 bits per heavy atom. The van der Waals surface area contributed by atoms with Crippen LogP contribution in [0.25, 0.3) is 0 Å². The van der Waals surface area contributed by atoms with Crippen molar-refractivity contribution in [1.29, 1.82) is 5.26 Å². The molecule has 0 spiro atoms. The number of thiophene rings is 1. The summed E-state index contributed by atoms with van der Waals surface area (Å²) in [4.78, 5) is 15.7. The standard InChI is InChI=1S/C28H26N2O3S/c1-2-4-23(15-28(31)32)22-7-9-25(10-8-22)33-19-21-6-3-5-20(13-21)17-30-12-11-27-24(18-30)14-26(16-29)34-27/h3,5-10,13-14,23H,11-12,15,17-19H2,1H3,(H,31,32)/t23-/m0/s1. The summed E-state index contributed by atoms with van der Waals surface area (Å²) in [7, 11) is 0. The third-order valence-electron chi connectivity index (χ3n) is 5.84. The van der Waals surface area contributed by atoms with Gasteiger partial charge < -0.3 is 9.84 Å². The second-order valence-electron chi connectivity index (χ2n) is 8.35. The van der Waals surface area contributed by atoms with Gasteiger partial charge in [-0.25, -0.2) is 0 Å². The zero-order valence-corrected chi connectivity index (χ0v) is 19.9. The van der Waals surface area contributed by atoms with E-state index in [4.69, 9.17) is 15.1 Å². The van der Waals surface area contributed by atoms with Crippen molar-refractivity contribution in [2.24, 2.45) is 0 Å². The number of carboxylic acids is 1. The lowest BCUT2D eigenvalue weighted by atomic mass is 9.96. The summed E-state index contributed by atoms with van der Waals surface area (Å²) >= 11 is 1.62. The fraction of sp³-hybridized carbons (Fsp3) is 0.286. The van der Waals surface area contributed by atoms with Crippen LogP contribution < -0.4 is 4.74 Å². The molecule has 6 heteroatoms. The SMILES string of the molecule is CC#C[C@@H](CC(=O)O)c1ccc(OCc2cccc(CN3CCc4sc(C#N)cc4C3)c2)cc1. The van der Waals surface area contributed by atoms with E-state index in [1.165, 1.54) is 16.0 Å². The number of nitrogens with zero attached hydrogens (tertiary/aromatic N) is 2. The van der Waals surface area contributed by atoms with Crippen molar-refractivity contribution in [1.82, 2.24) is 4.90 Å². The maximum atomic E-state index is 11.1. The Kier molecular flexibility index (Phi) is 7.65. The summed E-state index contributed by atoms with van der Waals surface area (Å²) < 4.78 is 5.98. The summed E-state index contributed by atoms with van der Waals surface area (Å²) in [5.41, 5.74) is 4.50. The Balaban J connectivity index is 1.34. The van der Waals surface area contributed by atoms with Gasteiger partial charge in [0, 0.05) is 24.5 Å². The van der Waals surface area contributed by atoms with Crippen molar-refractivity contribution in [3.63, 3.8) is 0 Å². The molecule has 1 aliphatic rings. The molecule has 0 aliphatic carbocycles. The Morgan fingerprint density at radius 3 is 2.74 bits per heavy atom. The Hall–Kier alpha value is -3.58. The van der Waals surface area contributed by atoms with Gasteiger partial charge in [0.1, 0.15) is 23.3 Å². The monoisotopic (exact) mass is 470 g/mol. The molecule has 1 aliphatic heterocycles. The zero-order valence-electron chi connectivity index (χ0n) is 19.1. The van der Waals surface area contributed by atoms with E-state index in [0.29, 0.717) is 6.61 Å². The first-order chi connectivity index (χ1) is 16.5. The molecule has 2 heterocycles. The fourth-order valence-corrected chi connectivity index (χ4v) is 5.18. The number of carbonyl (C=O) groups is 1. The first-order valence-corrected chi connectivity index (χ1v) is 12.0. The van der Waals surface area contributed by atoms with E-state index in [2.05, 4.69) is 47.1 Å². The van der Waals surface area contributed by atoms with E-state index in [9.17, 15) is 4.79 Å². The molecule has 0 radical (unpaired) electrons. The minimum Gasteiger partial charge on any atom is -0.489 e. The molecule has 3 aromatic rings. The predicted octanol–water partition coefficient (Wildman–Crippen LogP) is 5.34. The van der Waals surface area contributed by atoms with Crippen molar-refractivity contribution >= 4 is 17.3 Å². The number of carboxylic acid groups (broad SMARTS) is 1. The predicted molar refractivity (Wildman–Crippen MR) is 133 cm³/mol. The van der Waals surface area contributed by atoms with Gasteiger partial charge in [-0.15, -0.1) is 17.3 Å². The lowest BCUT2D eigenvalue weighted by Crippen LogP contribution is -2.29. The van der Waals surface area contributed by atoms with Gasteiger partial charge >= 0.3 is 5.97 Å². The average Bonchev–Trinajstić information content (AvgIpc) is 3.25. The first-order valence-electron chi connectivity index (χ1n) is 11.2. The van der Waals surface area contributed by atoms with Gasteiger partial charge in [-0.3, -0.25) is 9.69 Å². The molecular formula is C28H26N2O3S. The summed E-state index contributed by atoms with van der Waals surface area (Å²) in [5.74, 6) is 5.34. The summed E-state index contributed by atoms with van der Waals surface area (Å²) in [6.07, 6.45) is 0.982. The molecule has 0 amide bonds. The number of fused-ring (bicyclic) bond motifs is 1. The highest BCUT2D eigenvalue weighted by atomic mass is 32.1. The van der Waals surface area contributed by atoms with Gasteiger partial charge in [0.05, 0.1) is 12.3 Å². The van der Waals surface area contributed by atoms with E-state index in [1.54, 1.807) is 18.3 Å². The molecule has 172 valence electrons. The number of hydrogen-bond donors (Lipinski definition) is 1. The first kappa shape index (κ1) is 23.6. The summed E-state index contributed by atoms with van der Waals surface area (Å²) in [6.45, 7) is 4.92. The molecule has 0 saturated heterocycles. The minimum atomic E-state index is -0.861. The highest BCUT2D eigenvalue weighted by Crippen LogP contribution is 2.28. The van der Waals surface area contributed by atoms with Gasteiger partial charge in [-0.2, -0.15) is 5.26 Å². The molecule has 0 fully saturated rings. The molecule has 1 atom stereocenters. The summed E-state index contributed by atoms with van der Waals surface area (Å²) in [6, 6.07) is 20.2. The largest absolute Gasteiger partial charge is 0.489 e. The molecule has 0 unspecified atom stereocenters. The highest BCUT2D eigenvalue weighted by molar-refractivity contribution is 7.12. The molecule has 4 rings (SSSR count). The van der Waals surface area contributed by atoms with E-state index in [0.717, 1.165) is 47.8 Å². The number of rotatable bonds is 8. The van der Waals surface area contributed by atoms with Crippen molar-refractivity contribution < 1.29 is 14.6 Å². The fourth-order valence-electron chi connectivity index (χ4n) is 4.22. The molecule has 2 aromatic carbocycles.